The predicted molar refractivity (Wildman–Crippen MR) is 123 cm³/mol. The maximum absolute atomic E-state index is 13.3. The molecule has 0 radical (unpaired) electrons. The second-order valence-electron chi connectivity index (χ2n) is 8.32. The van der Waals surface area contributed by atoms with Gasteiger partial charge in [-0.3, -0.25) is 4.79 Å². The molecule has 1 amide bonds. The van der Waals surface area contributed by atoms with Gasteiger partial charge in [-0.05, 0) is 37.1 Å². The zero-order valence-corrected chi connectivity index (χ0v) is 19.1. The number of carbonyl (C=O) groups excluding carboxylic acids is 1. The lowest BCUT2D eigenvalue weighted by atomic mass is 9.95. The standard InChI is InChI=1S/C22H24ClN5O3S/c23-17-7-8-20(24-14-17)26-10-12-27(13-11-26)22(29)16-4-3-9-28(15-16)21-18-5-1-2-6-19(18)32(30,31)25-21/h1-2,5-8,14,16H,3-4,9-13,15H2. The van der Waals surface area contributed by atoms with Crippen LogP contribution in [0, 0.1) is 5.92 Å². The first-order valence-electron chi connectivity index (χ1n) is 10.8. The number of amides is 1. The minimum atomic E-state index is -3.67. The van der Waals surface area contributed by atoms with Crippen molar-refractivity contribution in [2.75, 3.05) is 44.2 Å². The monoisotopic (exact) mass is 473 g/mol. The lowest BCUT2D eigenvalue weighted by molar-refractivity contribution is -0.137. The average Bonchev–Trinajstić information content (AvgIpc) is 3.10. The quantitative estimate of drug-likeness (QED) is 0.665. The highest BCUT2D eigenvalue weighted by Gasteiger charge is 2.36. The zero-order valence-electron chi connectivity index (χ0n) is 17.5. The number of benzene rings is 1. The van der Waals surface area contributed by atoms with E-state index in [0.717, 1.165) is 31.7 Å². The summed E-state index contributed by atoms with van der Waals surface area (Å²) in [5.74, 6) is 1.30. The van der Waals surface area contributed by atoms with E-state index in [2.05, 4.69) is 14.3 Å². The van der Waals surface area contributed by atoms with Gasteiger partial charge in [0.1, 0.15) is 10.7 Å². The van der Waals surface area contributed by atoms with E-state index in [0.29, 0.717) is 42.6 Å². The summed E-state index contributed by atoms with van der Waals surface area (Å²) in [6.07, 6.45) is 3.26. The van der Waals surface area contributed by atoms with Crippen LogP contribution in [0.4, 0.5) is 5.82 Å². The van der Waals surface area contributed by atoms with Crippen LogP contribution >= 0.6 is 11.6 Å². The van der Waals surface area contributed by atoms with E-state index >= 15 is 0 Å². The molecule has 32 heavy (non-hydrogen) atoms. The summed E-state index contributed by atoms with van der Waals surface area (Å²) in [7, 11) is -3.67. The molecule has 2 saturated heterocycles. The Balaban J connectivity index is 1.25. The number of fused-ring (bicyclic) bond motifs is 1. The van der Waals surface area contributed by atoms with Crippen LogP contribution in [0.5, 0.6) is 0 Å². The third kappa shape index (κ3) is 3.95. The van der Waals surface area contributed by atoms with Crippen LogP contribution < -0.4 is 4.90 Å². The normalized spacial score (nSPS) is 22.5. The number of piperidine rings is 1. The van der Waals surface area contributed by atoms with E-state index in [1.807, 2.05) is 28.0 Å². The fourth-order valence-electron chi connectivity index (χ4n) is 4.66. The second kappa shape index (κ2) is 8.37. The van der Waals surface area contributed by atoms with Crippen LogP contribution in [0.15, 0.2) is 51.9 Å². The molecule has 0 aliphatic carbocycles. The van der Waals surface area contributed by atoms with Crippen LogP contribution in [0.3, 0.4) is 0 Å². The first-order chi connectivity index (χ1) is 15.4. The molecule has 0 spiro atoms. The fourth-order valence-corrected chi connectivity index (χ4v) is 6.00. The summed E-state index contributed by atoms with van der Waals surface area (Å²) < 4.78 is 28.9. The first-order valence-corrected chi connectivity index (χ1v) is 12.6. The van der Waals surface area contributed by atoms with Crippen molar-refractivity contribution in [2.45, 2.75) is 17.7 Å². The van der Waals surface area contributed by atoms with Crippen molar-refractivity contribution >= 4 is 39.2 Å². The average molecular weight is 474 g/mol. The SMILES string of the molecule is O=C(C1CCCN(C2=NS(=O)(=O)c3ccccc32)C1)N1CCN(c2ccc(Cl)cn2)CC1. The molecule has 10 heteroatoms. The number of sulfonamides is 1. The molecule has 8 nitrogen and oxygen atoms in total. The molecular formula is C22H24ClN5O3S. The van der Waals surface area contributed by atoms with Gasteiger partial charge in [-0.25, -0.2) is 4.98 Å². The van der Waals surface area contributed by atoms with Crippen molar-refractivity contribution in [1.29, 1.82) is 0 Å². The number of hydrogen-bond donors (Lipinski definition) is 0. The minimum absolute atomic E-state index is 0.133. The Morgan fingerprint density at radius 3 is 2.53 bits per heavy atom. The molecule has 5 rings (SSSR count). The summed E-state index contributed by atoms with van der Waals surface area (Å²) in [6.45, 7) is 3.89. The molecule has 168 valence electrons. The van der Waals surface area contributed by atoms with E-state index in [1.54, 1.807) is 24.4 Å². The van der Waals surface area contributed by atoms with Crippen LogP contribution in [0.1, 0.15) is 18.4 Å². The maximum Gasteiger partial charge on any atom is 0.285 e. The fraction of sp³-hybridized carbons (Fsp3) is 0.409. The first kappa shape index (κ1) is 21.2. The molecular weight excluding hydrogens is 450 g/mol. The number of amidine groups is 1. The molecule has 3 aliphatic heterocycles. The van der Waals surface area contributed by atoms with Crippen molar-refractivity contribution in [1.82, 2.24) is 14.8 Å². The molecule has 3 aliphatic rings. The smallest absolute Gasteiger partial charge is 0.285 e. The summed E-state index contributed by atoms with van der Waals surface area (Å²) in [5, 5.41) is 0.603. The molecule has 0 bridgehead atoms. The summed E-state index contributed by atoms with van der Waals surface area (Å²) >= 11 is 5.92. The molecule has 0 N–H and O–H groups in total. The minimum Gasteiger partial charge on any atom is -0.355 e. The largest absolute Gasteiger partial charge is 0.355 e. The van der Waals surface area contributed by atoms with Crippen molar-refractivity contribution < 1.29 is 13.2 Å². The second-order valence-corrected chi connectivity index (χ2v) is 10.3. The number of halogens is 1. The highest BCUT2D eigenvalue weighted by molar-refractivity contribution is 7.90. The third-order valence-corrected chi connectivity index (χ3v) is 7.86. The lowest BCUT2D eigenvalue weighted by Gasteiger charge is -2.39. The van der Waals surface area contributed by atoms with Crippen LogP contribution in [-0.4, -0.2) is 74.2 Å². The van der Waals surface area contributed by atoms with Crippen LogP contribution in [0.2, 0.25) is 5.02 Å². The molecule has 1 unspecified atom stereocenters. The van der Waals surface area contributed by atoms with Gasteiger partial charge in [-0.15, -0.1) is 4.40 Å². The van der Waals surface area contributed by atoms with E-state index in [4.69, 9.17) is 11.6 Å². The molecule has 1 aromatic heterocycles. The highest BCUT2D eigenvalue weighted by atomic mass is 35.5. The molecule has 0 saturated carbocycles. The number of anilines is 1. The molecule has 1 aromatic carbocycles. The number of pyridine rings is 1. The maximum atomic E-state index is 13.3. The molecule has 2 aromatic rings. The van der Waals surface area contributed by atoms with E-state index in [9.17, 15) is 13.2 Å². The Morgan fingerprint density at radius 1 is 1.00 bits per heavy atom. The number of aromatic nitrogens is 1. The van der Waals surface area contributed by atoms with Gasteiger partial charge in [-0.2, -0.15) is 8.42 Å². The Kier molecular flexibility index (Phi) is 5.54. The van der Waals surface area contributed by atoms with Gasteiger partial charge in [-0.1, -0.05) is 23.7 Å². The highest BCUT2D eigenvalue weighted by Crippen LogP contribution is 2.30. The number of carbonyl (C=O) groups is 1. The summed E-state index contributed by atoms with van der Waals surface area (Å²) in [6, 6.07) is 10.6. The number of piperazine rings is 1. The van der Waals surface area contributed by atoms with Gasteiger partial charge in [0, 0.05) is 51.0 Å². The molecule has 1 atom stereocenters. The van der Waals surface area contributed by atoms with Gasteiger partial charge >= 0.3 is 0 Å². The van der Waals surface area contributed by atoms with Crippen molar-refractivity contribution in [2.24, 2.45) is 10.3 Å². The topological polar surface area (TPSA) is 86.2 Å². The number of rotatable bonds is 2. The number of hydrogen-bond acceptors (Lipinski definition) is 6. The van der Waals surface area contributed by atoms with E-state index in [1.165, 1.54) is 0 Å². The van der Waals surface area contributed by atoms with Crippen molar-refractivity contribution in [3.05, 3.63) is 53.2 Å². The van der Waals surface area contributed by atoms with Gasteiger partial charge in [0.2, 0.25) is 5.91 Å². The Labute approximate surface area is 192 Å². The van der Waals surface area contributed by atoms with Gasteiger partial charge < -0.3 is 14.7 Å². The Morgan fingerprint density at radius 2 is 1.78 bits per heavy atom. The van der Waals surface area contributed by atoms with Gasteiger partial charge in [0.05, 0.1) is 10.9 Å². The van der Waals surface area contributed by atoms with Crippen molar-refractivity contribution in [3.8, 4) is 0 Å². The summed E-state index contributed by atoms with van der Waals surface area (Å²) in [4.78, 5) is 23.9. The molecule has 2 fully saturated rings. The number of nitrogens with zero attached hydrogens (tertiary/aromatic N) is 5. The predicted octanol–water partition coefficient (Wildman–Crippen LogP) is 2.24. The van der Waals surface area contributed by atoms with E-state index < -0.39 is 10.0 Å². The Bertz CT molecular complexity index is 1160. The van der Waals surface area contributed by atoms with Gasteiger partial charge in [0.25, 0.3) is 10.0 Å². The van der Waals surface area contributed by atoms with Gasteiger partial charge in [0.15, 0.2) is 5.84 Å². The van der Waals surface area contributed by atoms with Crippen LogP contribution in [-0.2, 0) is 14.8 Å². The Hall–Kier alpha value is -2.65. The third-order valence-electron chi connectivity index (χ3n) is 6.31. The molecule has 4 heterocycles. The number of likely N-dealkylation sites (tertiary alicyclic amines) is 1. The summed E-state index contributed by atoms with van der Waals surface area (Å²) in [5.41, 5.74) is 0.629. The van der Waals surface area contributed by atoms with Crippen molar-refractivity contribution in [3.63, 3.8) is 0 Å². The van der Waals surface area contributed by atoms with E-state index in [-0.39, 0.29) is 16.7 Å². The zero-order chi connectivity index (χ0) is 22.3. The lowest BCUT2D eigenvalue weighted by Crippen LogP contribution is -2.53. The van der Waals surface area contributed by atoms with Crippen LogP contribution in [0.25, 0.3) is 0 Å².